The minimum Gasteiger partial charge on any atom is -0.282 e. The molecular formula is C15H18N2O5S2. The maximum absolute atomic E-state index is 12.1. The second-order valence-corrected chi connectivity index (χ2v) is 7.16. The van der Waals surface area contributed by atoms with Crippen LogP contribution >= 0.6 is 23.5 Å². The van der Waals surface area contributed by atoms with Gasteiger partial charge in [-0.25, -0.2) is 4.79 Å². The van der Waals surface area contributed by atoms with Crippen LogP contribution in [0.25, 0.3) is 0 Å². The van der Waals surface area contributed by atoms with Crippen molar-refractivity contribution in [2.45, 2.75) is 13.8 Å². The predicted molar refractivity (Wildman–Crippen MR) is 93.4 cm³/mol. The fourth-order valence-electron chi connectivity index (χ4n) is 1.65. The van der Waals surface area contributed by atoms with Gasteiger partial charge >= 0.3 is 17.8 Å². The van der Waals surface area contributed by atoms with Gasteiger partial charge in [-0.2, -0.15) is 0 Å². The zero-order valence-corrected chi connectivity index (χ0v) is 15.1. The molecule has 1 heterocycles. The van der Waals surface area contributed by atoms with E-state index in [9.17, 15) is 24.0 Å². The van der Waals surface area contributed by atoms with Crippen LogP contribution in [0.2, 0.25) is 0 Å². The molecule has 1 aliphatic heterocycles. The van der Waals surface area contributed by atoms with Gasteiger partial charge in [0.05, 0.1) is 0 Å². The Labute approximate surface area is 148 Å². The second-order valence-electron chi connectivity index (χ2n) is 5.03. The lowest BCUT2D eigenvalue weighted by Gasteiger charge is -2.14. The van der Waals surface area contributed by atoms with Gasteiger partial charge in [-0.3, -0.25) is 29.0 Å². The SMILES string of the molecule is C=C(C)C(=O)SCCN1C(=O)C(=O)N(CCSC(=O)C(=C)C)C1=O. The zero-order chi connectivity index (χ0) is 18.4. The van der Waals surface area contributed by atoms with Crippen LogP contribution in [0.4, 0.5) is 4.79 Å². The van der Waals surface area contributed by atoms with Crippen molar-refractivity contribution in [2.75, 3.05) is 24.6 Å². The average molecular weight is 370 g/mol. The molecule has 9 heteroatoms. The van der Waals surface area contributed by atoms with Crippen LogP contribution in [0.3, 0.4) is 0 Å². The van der Waals surface area contributed by atoms with Crippen molar-refractivity contribution in [1.29, 1.82) is 0 Å². The Bertz CT molecular complexity index is 577. The van der Waals surface area contributed by atoms with Crippen molar-refractivity contribution in [3.63, 3.8) is 0 Å². The van der Waals surface area contributed by atoms with Crippen LogP contribution in [0, 0.1) is 0 Å². The number of imide groups is 2. The molecule has 1 fully saturated rings. The summed E-state index contributed by atoms with van der Waals surface area (Å²) in [5.41, 5.74) is 0.743. The van der Waals surface area contributed by atoms with Crippen LogP contribution in [-0.2, 0) is 19.2 Å². The summed E-state index contributed by atoms with van der Waals surface area (Å²) in [6, 6.07) is -0.725. The molecule has 0 bridgehead atoms. The van der Waals surface area contributed by atoms with E-state index in [-0.39, 0.29) is 34.8 Å². The molecule has 130 valence electrons. The van der Waals surface area contributed by atoms with Crippen molar-refractivity contribution in [3.05, 3.63) is 24.3 Å². The number of nitrogens with zero attached hydrogens (tertiary/aromatic N) is 2. The van der Waals surface area contributed by atoms with Crippen LogP contribution in [0.1, 0.15) is 13.8 Å². The summed E-state index contributed by atoms with van der Waals surface area (Å²) in [5, 5.41) is -0.459. The molecule has 0 aromatic heterocycles. The van der Waals surface area contributed by atoms with Crippen LogP contribution in [0.15, 0.2) is 24.3 Å². The molecule has 1 saturated heterocycles. The summed E-state index contributed by atoms with van der Waals surface area (Å²) in [4.78, 5) is 60.3. The molecule has 0 radical (unpaired) electrons. The minimum atomic E-state index is -0.917. The highest BCUT2D eigenvalue weighted by Crippen LogP contribution is 2.16. The highest BCUT2D eigenvalue weighted by atomic mass is 32.2. The van der Waals surface area contributed by atoms with Gasteiger partial charge in [0.25, 0.3) is 0 Å². The van der Waals surface area contributed by atoms with E-state index < -0.39 is 17.8 Å². The monoisotopic (exact) mass is 370 g/mol. The summed E-state index contributed by atoms with van der Waals surface area (Å²) in [6.07, 6.45) is 0. The number of urea groups is 1. The number of hydrogen-bond donors (Lipinski definition) is 0. The lowest BCUT2D eigenvalue weighted by molar-refractivity contribution is -0.143. The van der Waals surface area contributed by atoms with Gasteiger partial charge in [-0.15, -0.1) is 0 Å². The van der Waals surface area contributed by atoms with Crippen molar-refractivity contribution >= 4 is 51.6 Å². The van der Waals surface area contributed by atoms with E-state index in [0.717, 1.165) is 33.3 Å². The first-order valence-electron chi connectivity index (χ1n) is 6.99. The Morgan fingerprint density at radius 2 is 1.17 bits per heavy atom. The summed E-state index contributed by atoms with van der Waals surface area (Å²) in [6.45, 7) is 10.1. The molecule has 1 aliphatic rings. The topological polar surface area (TPSA) is 91.8 Å². The molecule has 0 unspecified atom stereocenters. The van der Waals surface area contributed by atoms with Crippen molar-refractivity contribution in [3.8, 4) is 0 Å². The summed E-state index contributed by atoms with van der Waals surface area (Å²) >= 11 is 1.86. The molecule has 7 nitrogen and oxygen atoms in total. The van der Waals surface area contributed by atoms with E-state index in [2.05, 4.69) is 13.2 Å². The minimum absolute atomic E-state index is 0.0402. The fourth-order valence-corrected chi connectivity index (χ4v) is 3.06. The maximum Gasteiger partial charge on any atom is 0.334 e. The molecule has 0 N–H and O–H groups in total. The second kappa shape index (κ2) is 8.84. The Kier molecular flexibility index (Phi) is 7.43. The molecule has 0 spiro atoms. The highest BCUT2D eigenvalue weighted by molar-refractivity contribution is 8.14. The molecular weight excluding hydrogens is 352 g/mol. The quantitative estimate of drug-likeness (QED) is 0.363. The van der Waals surface area contributed by atoms with Crippen molar-refractivity contribution in [1.82, 2.24) is 9.80 Å². The fraction of sp³-hybridized carbons (Fsp3) is 0.400. The zero-order valence-electron chi connectivity index (χ0n) is 13.5. The van der Waals surface area contributed by atoms with E-state index in [1.54, 1.807) is 13.8 Å². The number of amides is 4. The Balaban J connectivity index is 2.55. The third-order valence-electron chi connectivity index (χ3n) is 2.93. The maximum atomic E-state index is 12.1. The lowest BCUT2D eigenvalue weighted by Crippen LogP contribution is -2.36. The third kappa shape index (κ3) is 5.07. The molecule has 24 heavy (non-hydrogen) atoms. The van der Waals surface area contributed by atoms with Gasteiger partial charge in [0.15, 0.2) is 0 Å². The highest BCUT2D eigenvalue weighted by Gasteiger charge is 2.43. The predicted octanol–water partition coefficient (Wildman–Crippen LogP) is 1.45. The third-order valence-corrected chi connectivity index (χ3v) is 4.92. The molecule has 0 saturated carbocycles. The number of thioether (sulfide) groups is 2. The molecule has 0 aromatic carbocycles. The van der Waals surface area contributed by atoms with E-state index >= 15 is 0 Å². The Morgan fingerprint density at radius 1 is 0.833 bits per heavy atom. The van der Waals surface area contributed by atoms with Gasteiger partial charge in [0, 0.05) is 24.6 Å². The molecule has 4 amide bonds. The molecule has 0 aromatic rings. The lowest BCUT2D eigenvalue weighted by atomic mass is 10.4. The van der Waals surface area contributed by atoms with Crippen molar-refractivity contribution < 1.29 is 24.0 Å². The summed E-state index contributed by atoms with van der Waals surface area (Å²) in [5.74, 6) is -1.46. The normalized spacial score (nSPS) is 14.3. The van der Waals surface area contributed by atoms with E-state index in [0.29, 0.717) is 11.1 Å². The number of hydrogen-bond acceptors (Lipinski definition) is 7. The van der Waals surface area contributed by atoms with Crippen LogP contribution < -0.4 is 0 Å². The van der Waals surface area contributed by atoms with Gasteiger partial charge in [0.2, 0.25) is 10.2 Å². The van der Waals surface area contributed by atoms with Crippen LogP contribution in [-0.4, -0.2) is 62.5 Å². The first-order chi connectivity index (χ1) is 11.2. The van der Waals surface area contributed by atoms with Gasteiger partial charge in [0.1, 0.15) is 0 Å². The summed E-state index contributed by atoms with van der Waals surface area (Å²) < 4.78 is 0. The first kappa shape index (κ1) is 20.2. The Morgan fingerprint density at radius 3 is 1.46 bits per heavy atom. The van der Waals surface area contributed by atoms with E-state index in [4.69, 9.17) is 0 Å². The molecule has 0 aliphatic carbocycles. The number of rotatable bonds is 8. The van der Waals surface area contributed by atoms with E-state index in [1.165, 1.54) is 0 Å². The molecule has 1 rings (SSSR count). The van der Waals surface area contributed by atoms with E-state index in [1.807, 2.05) is 0 Å². The average Bonchev–Trinajstić information content (AvgIpc) is 2.71. The van der Waals surface area contributed by atoms with Crippen LogP contribution in [0.5, 0.6) is 0 Å². The van der Waals surface area contributed by atoms with Gasteiger partial charge in [-0.1, -0.05) is 36.7 Å². The van der Waals surface area contributed by atoms with Gasteiger partial charge in [-0.05, 0) is 25.0 Å². The number of carbonyl (C=O) groups excluding carboxylic acids is 5. The smallest absolute Gasteiger partial charge is 0.282 e. The standard InChI is InChI=1S/C15H18N2O5S2/c1-9(2)13(20)23-7-5-16-11(18)12(19)17(15(16)22)6-8-24-14(21)10(3)4/h1,3,5-8H2,2,4H3. The summed E-state index contributed by atoms with van der Waals surface area (Å²) in [7, 11) is 0. The molecule has 0 atom stereocenters. The van der Waals surface area contributed by atoms with Gasteiger partial charge < -0.3 is 0 Å². The first-order valence-corrected chi connectivity index (χ1v) is 8.96. The number of carbonyl (C=O) groups is 5. The Hall–Kier alpha value is -1.87. The van der Waals surface area contributed by atoms with Crippen molar-refractivity contribution in [2.24, 2.45) is 0 Å². The largest absolute Gasteiger partial charge is 0.334 e.